The maximum absolute atomic E-state index is 11.8. The van der Waals surface area contributed by atoms with Crippen LogP contribution in [0.5, 0.6) is 11.5 Å². The van der Waals surface area contributed by atoms with E-state index in [1.54, 1.807) is 43.2 Å². The summed E-state index contributed by atoms with van der Waals surface area (Å²) in [6.07, 6.45) is 5.17. The first-order chi connectivity index (χ1) is 10.7. The Bertz CT molecular complexity index is 641. The molecular formula is C16H18ClN3O3. The summed E-state index contributed by atoms with van der Waals surface area (Å²) in [6.45, 7) is 0.208. The van der Waals surface area contributed by atoms with Crippen molar-refractivity contribution in [2.45, 2.75) is 6.54 Å². The van der Waals surface area contributed by atoms with E-state index in [1.165, 1.54) is 0 Å². The number of amides is 1. The Morgan fingerprint density at radius 3 is 2.30 bits per heavy atom. The lowest BCUT2D eigenvalue weighted by molar-refractivity contribution is -0.684. The van der Waals surface area contributed by atoms with Gasteiger partial charge >= 0.3 is 5.91 Å². The number of aromatic nitrogens is 1. The minimum absolute atomic E-state index is 0. The highest BCUT2D eigenvalue weighted by Gasteiger charge is 2.06. The number of rotatable bonds is 6. The molecule has 0 bridgehead atoms. The summed E-state index contributed by atoms with van der Waals surface area (Å²) < 4.78 is 12.1. The fraction of sp³-hybridized carbons (Fsp3) is 0.188. The number of hydrogen-bond acceptors (Lipinski definition) is 4. The molecule has 23 heavy (non-hydrogen) atoms. The number of nitrogens with zero attached hydrogens (tertiary/aromatic N) is 2. The predicted molar refractivity (Wildman–Crippen MR) is 81.9 cm³/mol. The van der Waals surface area contributed by atoms with Crippen LogP contribution in [-0.2, 0) is 11.3 Å². The molecule has 6 nitrogen and oxygen atoms in total. The Labute approximate surface area is 141 Å². The Morgan fingerprint density at radius 2 is 1.74 bits per heavy atom. The fourth-order valence-corrected chi connectivity index (χ4v) is 1.82. The van der Waals surface area contributed by atoms with E-state index in [0.717, 1.165) is 5.56 Å². The summed E-state index contributed by atoms with van der Waals surface area (Å²) in [5, 5.41) is 3.94. The zero-order valence-electron chi connectivity index (χ0n) is 12.9. The number of hydrogen-bond donors (Lipinski definition) is 1. The molecule has 1 aromatic heterocycles. The quantitative estimate of drug-likeness (QED) is 0.383. The number of pyridine rings is 1. The highest BCUT2D eigenvalue weighted by molar-refractivity contribution is 5.83. The molecule has 0 radical (unpaired) electrons. The van der Waals surface area contributed by atoms with Gasteiger partial charge in [0.2, 0.25) is 6.54 Å². The lowest BCUT2D eigenvalue weighted by Gasteiger charge is -2.05. The van der Waals surface area contributed by atoms with Crippen LogP contribution in [-0.4, -0.2) is 26.3 Å². The summed E-state index contributed by atoms with van der Waals surface area (Å²) in [4.78, 5) is 11.8. The molecule has 0 fully saturated rings. The lowest BCUT2D eigenvalue weighted by Crippen LogP contribution is -3.00. The molecule has 1 amide bonds. The maximum atomic E-state index is 11.8. The largest absolute Gasteiger partial charge is 1.00 e. The van der Waals surface area contributed by atoms with Gasteiger partial charge in [0.05, 0.1) is 20.4 Å². The molecule has 0 aliphatic heterocycles. The number of halogens is 1. The van der Waals surface area contributed by atoms with E-state index in [0.29, 0.717) is 11.5 Å². The van der Waals surface area contributed by atoms with Crippen molar-refractivity contribution in [1.82, 2.24) is 5.43 Å². The molecule has 0 unspecified atom stereocenters. The van der Waals surface area contributed by atoms with Crippen LogP contribution in [0.15, 0.2) is 53.9 Å². The molecule has 2 aromatic rings. The molecular weight excluding hydrogens is 318 g/mol. The molecule has 1 N–H and O–H groups in total. The van der Waals surface area contributed by atoms with Crippen molar-refractivity contribution in [2.24, 2.45) is 5.10 Å². The second-order valence-corrected chi connectivity index (χ2v) is 4.49. The zero-order valence-corrected chi connectivity index (χ0v) is 13.7. The van der Waals surface area contributed by atoms with E-state index in [1.807, 2.05) is 30.6 Å². The zero-order chi connectivity index (χ0) is 15.8. The molecule has 0 saturated heterocycles. The van der Waals surface area contributed by atoms with Crippen molar-refractivity contribution in [1.29, 1.82) is 0 Å². The first-order valence-electron chi connectivity index (χ1n) is 6.70. The van der Waals surface area contributed by atoms with Crippen LogP contribution in [0, 0.1) is 0 Å². The van der Waals surface area contributed by atoms with Crippen LogP contribution in [0.2, 0.25) is 0 Å². The third-order valence-corrected chi connectivity index (χ3v) is 2.88. The minimum atomic E-state index is -0.206. The number of ether oxygens (including phenoxy) is 2. The van der Waals surface area contributed by atoms with Gasteiger partial charge in [0.1, 0.15) is 11.5 Å². The molecule has 0 spiro atoms. The van der Waals surface area contributed by atoms with Gasteiger partial charge < -0.3 is 21.9 Å². The number of hydrazone groups is 1. The maximum Gasteiger partial charge on any atom is 0.305 e. The first kappa shape index (κ1) is 18.4. The molecule has 0 aliphatic rings. The highest BCUT2D eigenvalue weighted by Crippen LogP contribution is 2.21. The van der Waals surface area contributed by atoms with Crippen LogP contribution in [0.1, 0.15) is 5.56 Å². The smallest absolute Gasteiger partial charge is 0.305 e. The molecule has 2 rings (SSSR count). The molecule has 122 valence electrons. The molecule has 7 heteroatoms. The van der Waals surface area contributed by atoms with Crippen molar-refractivity contribution in [3.63, 3.8) is 0 Å². The standard InChI is InChI=1S/C16H17N3O3.ClH/c1-21-14-8-13(9-15(10-14)22-2)11-17-18-16(20)12-19-6-4-3-5-7-19;/h3-11H,12H2,1-2H3;1H/b17-11+;. The average Bonchev–Trinajstić information content (AvgIpc) is 2.55. The lowest BCUT2D eigenvalue weighted by atomic mass is 10.2. The van der Waals surface area contributed by atoms with Crippen molar-refractivity contribution >= 4 is 12.1 Å². The predicted octanol–water partition coefficient (Wildman–Crippen LogP) is -1.85. The topological polar surface area (TPSA) is 63.8 Å². The molecule has 0 saturated carbocycles. The van der Waals surface area contributed by atoms with Crippen LogP contribution in [0.4, 0.5) is 0 Å². The number of nitrogens with one attached hydrogen (secondary N) is 1. The average molecular weight is 336 g/mol. The van der Waals surface area contributed by atoms with Gasteiger partial charge in [-0.25, -0.2) is 5.43 Å². The van der Waals surface area contributed by atoms with Gasteiger partial charge in [0, 0.05) is 23.8 Å². The summed E-state index contributed by atoms with van der Waals surface area (Å²) in [7, 11) is 3.16. The van der Waals surface area contributed by atoms with Crippen LogP contribution in [0.25, 0.3) is 0 Å². The van der Waals surface area contributed by atoms with Gasteiger partial charge in [-0.2, -0.15) is 9.67 Å². The van der Waals surface area contributed by atoms with Gasteiger partial charge in [0.15, 0.2) is 12.4 Å². The van der Waals surface area contributed by atoms with Crippen molar-refractivity contribution < 1.29 is 31.2 Å². The number of carbonyl (C=O) groups excluding carboxylic acids is 1. The van der Waals surface area contributed by atoms with Gasteiger partial charge in [-0.1, -0.05) is 6.07 Å². The molecule has 1 aromatic carbocycles. The van der Waals surface area contributed by atoms with E-state index < -0.39 is 0 Å². The third kappa shape index (κ3) is 5.96. The summed E-state index contributed by atoms with van der Waals surface area (Å²) in [5.74, 6) is 1.11. The van der Waals surface area contributed by atoms with Gasteiger partial charge in [-0.3, -0.25) is 4.79 Å². The van der Waals surface area contributed by atoms with Crippen LogP contribution < -0.4 is 31.9 Å². The Hall–Kier alpha value is -2.60. The Balaban J connectivity index is 0.00000264. The summed E-state index contributed by atoms with van der Waals surface area (Å²) in [6, 6.07) is 11.0. The number of carbonyl (C=O) groups is 1. The summed E-state index contributed by atoms with van der Waals surface area (Å²) in [5.41, 5.74) is 3.25. The second kappa shape index (κ2) is 9.42. The van der Waals surface area contributed by atoms with E-state index in [-0.39, 0.29) is 24.9 Å². The van der Waals surface area contributed by atoms with Crippen molar-refractivity contribution in [3.8, 4) is 11.5 Å². The van der Waals surface area contributed by atoms with Gasteiger partial charge in [0.25, 0.3) is 0 Å². The van der Waals surface area contributed by atoms with Gasteiger partial charge in [-0.15, -0.1) is 0 Å². The van der Waals surface area contributed by atoms with E-state index >= 15 is 0 Å². The molecule has 0 aliphatic carbocycles. The SMILES string of the molecule is COc1cc(/C=N/NC(=O)C[n+]2ccccc2)cc(OC)c1.[Cl-]. The second-order valence-electron chi connectivity index (χ2n) is 4.49. The van der Waals surface area contributed by atoms with Gasteiger partial charge in [-0.05, 0) is 12.1 Å². The Kier molecular flexibility index (Phi) is 7.56. The van der Waals surface area contributed by atoms with Crippen molar-refractivity contribution in [2.75, 3.05) is 14.2 Å². The normalized spacial score (nSPS) is 10.0. The minimum Gasteiger partial charge on any atom is -1.00 e. The van der Waals surface area contributed by atoms with E-state index in [4.69, 9.17) is 9.47 Å². The van der Waals surface area contributed by atoms with Crippen LogP contribution in [0.3, 0.4) is 0 Å². The highest BCUT2D eigenvalue weighted by atomic mass is 35.5. The molecule has 1 heterocycles. The van der Waals surface area contributed by atoms with E-state index in [9.17, 15) is 4.79 Å². The monoisotopic (exact) mass is 335 g/mol. The third-order valence-electron chi connectivity index (χ3n) is 2.88. The van der Waals surface area contributed by atoms with Crippen LogP contribution >= 0.6 is 0 Å². The fourth-order valence-electron chi connectivity index (χ4n) is 1.82. The number of methoxy groups -OCH3 is 2. The van der Waals surface area contributed by atoms with Crippen molar-refractivity contribution in [3.05, 3.63) is 54.4 Å². The van der Waals surface area contributed by atoms with E-state index in [2.05, 4.69) is 10.5 Å². The first-order valence-corrected chi connectivity index (χ1v) is 6.70. The Morgan fingerprint density at radius 1 is 1.13 bits per heavy atom. The number of benzene rings is 1. The summed E-state index contributed by atoms with van der Waals surface area (Å²) >= 11 is 0. The molecule has 0 atom stereocenters.